The van der Waals surface area contributed by atoms with Crippen molar-refractivity contribution < 1.29 is 14.7 Å². The van der Waals surface area contributed by atoms with Crippen molar-refractivity contribution in [3.05, 3.63) is 29.3 Å². The Bertz CT molecular complexity index is 524. The Kier molecular flexibility index (Phi) is 4.42. The van der Waals surface area contributed by atoms with E-state index in [2.05, 4.69) is 5.32 Å². The molecule has 4 heteroatoms. The number of carbonyl (C=O) groups excluding carboxylic acids is 1. The highest BCUT2D eigenvalue weighted by Crippen LogP contribution is 2.31. The first-order chi connectivity index (χ1) is 9.50. The third-order valence-corrected chi connectivity index (χ3v) is 4.28. The van der Waals surface area contributed by atoms with E-state index in [0.29, 0.717) is 12.8 Å². The highest BCUT2D eigenvalue weighted by Gasteiger charge is 2.35. The molecular formula is C16H21NO3. The van der Waals surface area contributed by atoms with Crippen LogP contribution in [0.5, 0.6) is 0 Å². The van der Waals surface area contributed by atoms with Crippen LogP contribution in [0.3, 0.4) is 0 Å². The van der Waals surface area contributed by atoms with Crippen LogP contribution in [0.2, 0.25) is 0 Å². The summed E-state index contributed by atoms with van der Waals surface area (Å²) in [4.78, 5) is 23.6. The van der Waals surface area contributed by atoms with E-state index in [0.717, 1.165) is 29.7 Å². The van der Waals surface area contributed by atoms with Gasteiger partial charge in [-0.1, -0.05) is 25.0 Å². The van der Waals surface area contributed by atoms with Crippen LogP contribution in [-0.2, 0) is 9.59 Å². The fraction of sp³-hybridized carbons (Fsp3) is 0.500. The molecule has 1 aliphatic rings. The third kappa shape index (κ3) is 3.00. The SMILES string of the molecule is Cc1cccc(NC(=O)[C@@H]2CCCC[C@H]2C(=O)O)c1C. The van der Waals surface area contributed by atoms with Gasteiger partial charge in [-0.3, -0.25) is 9.59 Å². The molecule has 0 aliphatic heterocycles. The topological polar surface area (TPSA) is 66.4 Å². The van der Waals surface area contributed by atoms with Gasteiger partial charge in [0.15, 0.2) is 0 Å². The molecule has 2 N–H and O–H groups in total. The zero-order valence-corrected chi connectivity index (χ0v) is 12.0. The molecule has 1 saturated carbocycles. The molecule has 0 heterocycles. The summed E-state index contributed by atoms with van der Waals surface area (Å²) in [5, 5.41) is 12.1. The summed E-state index contributed by atoms with van der Waals surface area (Å²) in [6.45, 7) is 3.95. The summed E-state index contributed by atoms with van der Waals surface area (Å²) in [7, 11) is 0. The lowest BCUT2D eigenvalue weighted by molar-refractivity contribution is -0.147. The van der Waals surface area contributed by atoms with Crippen LogP contribution in [0.4, 0.5) is 5.69 Å². The standard InChI is InChI=1S/C16H21NO3/c1-10-6-5-9-14(11(10)2)17-15(18)12-7-3-4-8-13(12)16(19)20/h5-6,9,12-13H,3-4,7-8H2,1-2H3,(H,17,18)(H,19,20)/t12-,13-/m1/s1. The van der Waals surface area contributed by atoms with Gasteiger partial charge in [-0.15, -0.1) is 0 Å². The molecule has 0 aromatic heterocycles. The van der Waals surface area contributed by atoms with Gasteiger partial charge < -0.3 is 10.4 Å². The molecule has 1 aliphatic carbocycles. The van der Waals surface area contributed by atoms with Crippen molar-refractivity contribution in [3.63, 3.8) is 0 Å². The van der Waals surface area contributed by atoms with E-state index in [1.54, 1.807) is 0 Å². The van der Waals surface area contributed by atoms with Crippen molar-refractivity contribution in [2.75, 3.05) is 5.32 Å². The molecule has 2 rings (SSSR count). The average molecular weight is 275 g/mol. The fourth-order valence-electron chi connectivity index (χ4n) is 2.85. The van der Waals surface area contributed by atoms with E-state index >= 15 is 0 Å². The molecule has 1 amide bonds. The average Bonchev–Trinajstić information content (AvgIpc) is 2.43. The predicted octanol–water partition coefficient (Wildman–Crippen LogP) is 3.13. The van der Waals surface area contributed by atoms with Crippen molar-refractivity contribution in [1.29, 1.82) is 0 Å². The molecule has 0 bridgehead atoms. The number of rotatable bonds is 3. The zero-order valence-electron chi connectivity index (χ0n) is 12.0. The highest BCUT2D eigenvalue weighted by molar-refractivity contribution is 5.95. The molecule has 1 aromatic carbocycles. The number of anilines is 1. The molecular weight excluding hydrogens is 254 g/mol. The second kappa shape index (κ2) is 6.07. The summed E-state index contributed by atoms with van der Waals surface area (Å²) in [6.07, 6.45) is 3.08. The van der Waals surface area contributed by atoms with Crippen LogP contribution in [0, 0.1) is 25.7 Å². The van der Waals surface area contributed by atoms with Crippen molar-refractivity contribution in [2.24, 2.45) is 11.8 Å². The Morgan fingerprint density at radius 1 is 1.15 bits per heavy atom. The number of nitrogens with one attached hydrogen (secondary N) is 1. The third-order valence-electron chi connectivity index (χ3n) is 4.28. The minimum atomic E-state index is -0.856. The number of hydrogen-bond acceptors (Lipinski definition) is 2. The maximum Gasteiger partial charge on any atom is 0.307 e. The number of hydrogen-bond donors (Lipinski definition) is 2. The van der Waals surface area contributed by atoms with Crippen molar-refractivity contribution in [2.45, 2.75) is 39.5 Å². The van der Waals surface area contributed by atoms with Crippen LogP contribution in [0.25, 0.3) is 0 Å². The maximum absolute atomic E-state index is 12.4. The number of carbonyl (C=O) groups is 2. The first kappa shape index (κ1) is 14.6. The second-order valence-corrected chi connectivity index (χ2v) is 5.57. The van der Waals surface area contributed by atoms with Gasteiger partial charge in [-0.05, 0) is 43.9 Å². The molecule has 0 saturated heterocycles. The largest absolute Gasteiger partial charge is 0.481 e. The van der Waals surface area contributed by atoms with Crippen molar-refractivity contribution in [3.8, 4) is 0 Å². The number of carboxylic acids is 1. The van der Waals surface area contributed by atoms with Gasteiger partial charge in [0.1, 0.15) is 0 Å². The monoisotopic (exact) mass is 275 g/mol. The molecule has 1 aromatic rings. The first-order valence-corrected chi connectivity index (χ1v) is 7.10. The number of aryl methyl sites for hydroxylation is 1. The van der Waals surface area contributed by atoms with E-state index in [9.17, 15) is 14.7 Å². The molecule has 108 valence electrons. The summed E-state index contributed by atoms with van der Waals surface area (Å²) < 4.78 is 0. The fourth-order valence-corrected chi connectivity index (χ4v) is 2.85. The van der Waals surface area contributed by atoms with Crippen molar-refractivity contribution in [1.82, 2.24) is 0 Å². The Balaban J connectivity index is 2.14. The lowest BCUT2D eigenvalue weighted by atomic mass is 9.78. The summed E-state index contributed by atoms with van der Waals surface area (Å²) in [6, 6.07) is 5.75. The van der Waals surface area contributed by atoms with Gasteiger partial charge >= 0.3 is 5.97 Å². The first-order valence-electron chi connectivity index (χ1n) is 7.10. The second-order valence-electron chi connectivity index (χ2n) is 5.57. The molecule has 2 atom stereocenters. The molecule has 0 unspecified atom stereocenters. The van der Waals surface area contributed by atoms with Gasteiger partial charge in [-0.2, -0.15) is 0 Å². The summed E-state index contributed by atoms with van der Waals surface area (Å²) >= 11 is 0. The van der Waals surface area contributed by atoms with Crippen LogP contribution in [-0.4, -0.2) is 17.0 Å². The number of aliphatic carboxylic acids is 1. The minimum absolute atomic E-state index is 0.161. The molecule has 4 nitrogen and oxygen atoms in total. The quantitative estimate of drug-likeness (QED) is 0.890. The smallest absolute Gasteiger partial charge is 0.307 e. The van der Waals surface area contributed by atoms with Crippen molar-refractivity contribution >= 4 is 17.6 Å². The number of carboxylic acid groups (broad SMARTS) is 1. The van der Waals surface area contributed by atoms with Gasteiger partial charge in [0.05, 0.1) is 11.8 Å². The molecule has 0 radical (unpaired) electrons. The van der Waals surface area contributed by atoms with Gasteiger partial charge in [0.2, 0.25) is 5.91 Å². The van der Waals surface area contributed by atoms with E-state index in [1.165, 1.54) is 0 Å². The van der Waals surface area contributed by atoms with E-state index in [1.807, 2.05) is 32.0 Å². The van der Waals surface area contributed by atoms with Gasteiger partial charge in [0, 0.05) is 5.69 Å². The summed E-state index contributed by atoms with van der Waals surface area (Å²) in [5.74, 6) is -1.98. The molecule has 20 heavy (non-hydrogen) atoms. The predicted molar refractivity (Wildman–Crippen MR) is 77.6 cm³/mol. The van der Waals surface area contributed by atoms with Crippen LogP contribution < -0.4 is 5.32 Å². The van der Waals surface area contributed by atoms with E-state index in [4.69, 9.17) is 0 Å². The Hall–Kier alpha value is -1.84. The highest BCUT2D eigenvalue weighted by atomic mass is 16.4. The number of benzene rings is 1. The summed E-state index contributed by atoms with van der Waals surface area (Å²) in [5.41, 5.74) is 2.93. The lowest BCUT2D eigenvalue weighted by Crippen LogP contribution is -2.36. The molecule has 0 spiro atoms. The lowest BCUT2D eigenvalue weighted by Gasteiger charge is -2.27. The Morgan fingerprint density at radius 3 is 2.45 bits per heavy atom. The number of amides is 1. The normalized spacial score (nSPS) is 22.3. The minimum Gasteiger partial charge on any atom is -0.481 e. The zero-order chi connectivity index (χ0) is 14.7. The Morgan fingerprint density at radius 2 is 1.80 bits per heavy atom. The maximum atomic E-state index is 12.4. The van der Waals surface area contributed by atoms with Crippen LogP contribution in [0.1, 0.15) is 36.8 Å². The van der Waals surface area contributed by atoms with Crippen LogP contribution in [0.15, 0.2) is 18.2 Å². The van der Waals surface area contributed by atoms with Gasteiger partial charge in [0.25, 0.3) is 0 Å². The molecule has 1 fully saturated rings. The Labute approximate surface area is 119 Å². The van der Waals surface area contributed by atoms with E-state index in [-0.39, 0.29) is 5.91 Å². The van der Waals surface area contributed by atoms with Gasteiger partial charge in [-0.25, -0.2) is 0 Å². The van der Waals surface area contributed by atoms with E-state index < -0.39 is 17.8 Å². The van der Waals surface area contributed by atoms with Crippen LogP contribution >= 0.6 is 0 Å².